The van der Waals surface area contributed by atoms with Gasteiger partial charge < -0.3 is 14.8 Å². The van der Waals surface area contributed by atoms with Crippen molar-refractivity contribution in [2.75, 3.05) is 13.7 Å². The van der Waals surface area contributed by atoms with Gasteiger partial charge in [0.2, 0.25) is 5.91 Å². The Kier molecular flexibility index (Phi) is 4.58. The van der Waals surface area contributed by atoms with Gasteiger partial charge in [0.15, 0.2) is 0 Å². The lowest BCUT2D eigenvalue weighted by molar-refractivity contribution is -0.146. The molecule has 5 nitrogen and oxygen atoms in total. The van der Waals surface area contributed by atoms with Crippen LogP contribution in [-0.2, 0) is 19.1 Å². The Hall–Kier alpha value is -1.10. The van der Waals surface area contributed by atoms with Crippen LogP contribution in [0, 0.1) is 5.92 Å². The minimum atomic E-state index is -0.261. The standard InChI is InChI=1S/C13H21NO4/c1-17-13(16)9-4-6-10(7-5-9)14-12(15)11-3-2-8-18-11/h9-11H,2-8H2,1H3,(H,14,15). The number of carbonyl (C=O) groups excluding carboxylic acids is 2. The van der Waals surface area contributed by atoms with Gasteiger partial charge in [0.1, 0.15) is 6.10 Å². The number of ether oxygens (including phenoxy) is 2. The first-order chi connectivity index (χ1) is 8.70. The first-order valence-electron chi connectivity index (χ1n) is 6.70. The highest BCUT2D eigenvalue weighted by atomic mass is 16.5. The van der Waals surface area contributed by atoms with Crippen molar-refractivity contribution in [1.29, 1.82) is 0 Å². The van der Waals surface area contributed by atoms with Crippen molar-refractivity contribution in [3.8, 4) is 0 Å². The number of esters is 1. The molecule has 5 heteroatoms. The van der Waals surface area contributed by atoms with Crippen molar-refractivity contribution in [3.63, 3.8) is 0 Å². The first kappa shape index (κ1) is 13.3. The molecule has 1 aliphatic carbocycles. The van der Waals surface area contributed by atoms with Gasteiger partial charge in [-0.15, -0.1) is 0 Å². The average Bonchev–Trinajstić information content (AvgIpc) is 2.92. The molecular weight excluding hydrogens is 234 g/mol. The Morgan fingerprint density at radius 2 is 1.89 bits per heavy atom. The Bertz CT molecular complexity index is 304. The molecule has 0 radical (unpaired) electrons. The minimum absolute atomic E-state index is 0.00545. The molecule has 1 aliphatic heterocycles. The summed E-state index contributed by atoms with van der Waals surface area (Å²) in [5.41, 5.74) is 0. The van der Waals surface area contributed by atoms with Crippen LogP contribution in [-0.4, -0.2) is 37.7 Å². The molecule has 0 aromatic rings. The fourth-order valence-electron chi connectivity index (χ4n) is 2.72. The van der Waals surface area contributed by atoms with E-state index in [4.69, 9.17) is 9.47 Å². The number of carbonyl (C=O) groups is 2. The fourth-order valence-corrected chi connectivity index (χ4v) is 2.72. The number of rotatable bonds is 3. The molecular formula is C13H21NO4. The van der Waals surface area contributed by atoms with E-state index in [-0.39, 0.29) is 29.9 Å². The predicted molar refractivity (Wildman–Crippen MR) is 64.9 cm³/mol. The average molecular weight is 255 g/mol. The Labute approximate surface area is 107 Å². The second kappa shape index (κ2) is 6.18. The molecule has 2 aliphatic rings. The van der Waals surface area contributed by atoms with Gasteiger partial charge in [-0.1, -0.05) is 0 Å². The van der Waals surface area contributed by atoms with Gasteiger partial charge in [0, 0.05) is 12.6 Å². The monoisotopic (exact) mass is 255 g/mol. The molecule has 0 bridgehead atoms. The number of amides is 1. The number of methoxy groups -OCH3 is 1. The normalized spacial score (nSPS) is 31.9. The summed E-state index contributed by atoms with van der Waals surface area (Å²) >= 11 is 0. The van der Waals surface area contributed by atoms with Gasteiger partial charge in [-0.25, -0.2) is 0 Å². The molecule has 1 saturated heterocycles. The Morgan fingerprint density at radius 3 is 2.44 bits per heavy atom. The second-order valence-electron chi connectivity index (χ2n) is 5.08. The highest BCUT2D eigenvalue weighted by Crippen LogP contribution is 2.25. The molecule has 1 N–H and O–H groups in total. The summed E-state index contributed by atoms with van der Waals surface area (Å²) in [6, 6.07) is 0.183. The van der Waals surface area contributed by atoms with Crippen LogP contribution in [0.3, 0.4) is 0 Å². The minimum Gasteiger partial charge on any atom is -0.469 e. The zero-order chi connectivity index (χ0) is 13.0. The maximum absolute atomic E-state index is 11.9. The maximum Gasteiger partial charge on any atom is 0.308 e. The molecule has 1 amide bonds. The third-order valence-corrected chi connectivity index (χ3v) is 3.83. The van der Waals surface area contributed by atoms with Crippen LogP contribution < -0.4 is 5.32 Å². The summed E-state index contributed by atoms with van der Waals surface area (Å²) in [4.78, 5) is 23.2. The predicted octanol–water partition coefficient (Wildman–Crippen LogP) is 1.01. The third kappa shape index (κ3) is 3.22. The van der Waals surface area contributed by atoms with E-state index in [1.54, 1.807) is 0 Å². The molecule has 0 aromatic heterocycles. The summed E-state index contributed by atoms with van der Waals surface area (Å²) in [7, 11) is 1.42. The summed E-state index contributed by atoms with van der Waals surface area (Å²) in [5, 5.41) is 3.02. The lowest BCUT2D eigenvalue weighted by atomic mass is 9.86. The SMILES string of the molecule is COC(=O)C1CCC(NC(=O)C2CCCO2)CC1. The van der Waals surface area contributed by atoms with Crippen molar-refractivity contribution in [2.45, 2.75) is 50.7 Å². The summed E-state index contributed by atoms with van der Waals surface area (Å²) < 4.78 is 10.1. The largest absolute Gasteiger partial charge is 0.469 e. The van der Waals surface area contributed by atoms with E-state index in [9.17, 15) is 9.59 Å². The summed E-state index contributed by atoms with van der Waals surface area (Å²) in [6.07, 6.45) is 4.81. The smallest absolute Gasteiger partial charge is 0.308 e. The van der Waals surface area contributed by atoms with Crippen molar-refractivity contribution < 1.29 is 19.1 Å². The van der Waals surface area contributed by atoms with Gasteiger partial charge >= 0.3 is 5.97 Å². The van der Waals surface area contributed by atoms with Crippen molar-refractivity contribution >= 4 is 11.9 Å². The summed E-state index contributed by atoms with van der Waals surface area (Å²) in [6.45, 7) is 0.688. The first-order valence-corrected chi connectivity index (χ1v) is 6.70. The van der Waals surface area contributed by atoms with E-state index in [0.717, 1.165) is 38.5 Å². The maximum atomic E-state index is 11.9. The van der Waals surface area contributed by atoms with Gasteiger partial charge in [0.05, 0.1) is 13.0 Å². The van der Waals surface area contributed by atoms with Gasteiger partial charge in [-0.2, -0.15) is 0 Å². The van der Waals surface area contributed by atoms with Crippen LogP contribution in [0.2, 0.25) is 0 Å². The van der Waals surface area contributed by atoms with E-state index in [1.165, 1.54) is 7.11 Å². The van der Waals surface area contributed by atoms with Crippen LogP contribution in [0.15, 0.2) is 0 Å². The topological polar surface area (TPSA) is 64.6 Å². The lowest BCUT2D eigenvalue weighted by Crippen LogP contribution is -2.43. The summed E-state index contributed by atoms with van der Waals surface area (Å²) in [5.74, 6) is -0.112. The van der Waals surface area contributed by atoms with Crippen LogP contribution in [0.4, 0.5) is 0 Å². The fraction of sp³-hybridized carbons (Fsp3) is 0.846. The van der Waals surface area contributed by atoms with Crippen molar-refractivity contribution in [1.82, 2.24) is 5.32 Å². The molecule has 1 saturated carbocycles. The molecule has 0 aromatic carbocycles. The Balaban J connectivity index is 1.73. The lowest BCUT2D eigenvalue weighted by Gasteiger charge is -2.28. The van der Waals surface area contributed by atoms with Crippen molar-refractivity contribution in [2.24, 2.45) is 5.92 Å². The number of nitrogens with one attached hydrogen (secondary N) is 1. The van der Waals surface area contributed by atoms with Crippen LogP contribution >= 0.6 is 0 Å². The molecule has 0 spiro atoms. The number of hydrogen-bond donors (Lipinski definition) is 1. The third-order valence-electron chi connectivity index (χ3n) is 3.83. The zero-order valence-corrected chi connectivity index (χ0v) is 10.8. The van der Waals surface area contributed by atoms with Gasteiger partial charge in [-0.3, -0.25) is 9.59 Å². The van der Waals surface area contributed by atoms with Crippen molar-refractivity contribution in [3.05, 3.63) is 0 Å². The number of hydrogen-bond acceptors (Lipinski definition) is 4. The highest BCUT2D eigenvalue weighted by Gasteiger charge is 2.30. The van der Waals surface area contributed by atoms with E-state index in [0.29, 0.717) is 6.61 Å². The van der Waals surface area contributed by atoms with Crippen LogP contribution in [0.25, 0.3) is 0 Å². The zero-order valence-electron chi connectivity index (χ0n) is 10.8. The molecule has 18 heavy (non-hydrogen) atoms. The quantitative estimate of drug-likeness (QED) is 0.764. The van der Waals surface area contributed by atoms with E-state index in [1.807, 2.05) is 0 Å². The van der Waals surface area contributed by atoms with Crippen LogP contribution in [0.1, 0.15) is 38.5 Å². The molecule has 102 valence electrons. The van der Waals surface area contributed by atoms with E-state index >= 15 is 0 Å². The van der Waals surface area contributed by atoms with Gasteiger partial charge in [-0.05, 0) is 38.5 Å². The highest BCUT2D eigenvalue weighted by molar-refractivity contribution is 5.81. The second-order valence-corrected chi connectivity index (χ2v) is 5.08. The van der Waals surface area contributed by atoms with E-state index < -0.39 is 0 Å². The van der Waals surface area contributed by atoms with E-state index in [2.05, 4.69) is 5.32 Å². The molecule has 1 heterocycles. The molecule has 2 fully saturated rings. The van der Waals surface area contributed by atoms with Gasteiger partial charge in [0.25, 0.3) is 0 Å². The van der Waals surface area contributed by atoms with Crippen LogP contribution in [0.5, 0.6) is 0 Å². The Morgan fingerprint density at radius 1 is 1.17 bits per heavy atom. The molecule has 2 rings (SSSR count). The molecule has 1 unspecified atom stereocenters. The molecule has 1 atom stereocenters.